The van der Waals surface area contributed by atoms with Gasteiger partial charge in [-0.15, -0.1) is 0 Å². The lowest BCUT2D eigenvalue weighted by molar-refractivity contribution is -0.123. The quantitative estimate of drug-likeness (QED) is 0.767. The van der Waals surface area contributed by atoms with Crippen LogP contribution >= 0.6 is 0 Å². The monoisotopic (exact) mass is 336 g/mol. The SMILES string of the molecule is COc1ccc(NC(=O)C[C@@H]2C(=O)Nc3nc4ccccc4n32)cc1. The normalized spacial score (nSPS) is 15.7. The van der Waals surface area contributed by atoms with Crippen LogP contribution in [0.5, 0.6) is 5.75 Å². The van der Waals surface area contributed by atoms with E-state index in [1.165, 1.54) is 0 Å². The third-order valence-electron chi connectivity index (χ3n) is 4.20. The molecule has 0 saturated carbocycles. The molecular formula is C18H16N4O3. The van der Waals surface area contributed by atoms with Gasteiger partial charge < -0.3 is 10.1 Å². The molecule has 25 heavy (non-hydrogen) atoms. The van der Waals surface area contributed by atoms with Gasteiger partial charge in [-0.1, -0.05) is 12.1 Å². The van der Waals surface area contributed by atoms with Gasteiger partial charge in [0.25, 0.3) is 0 Å². The summed E-state index contributed by atoms with van der Waals surface area (Å²) < 4.78 is 6.87. The highest BCUT2D eigenvalue weighted by Crippen LogP contribution is 2.32. The van der Waals surface area contributed by atoms with E-state index in [1.54, 1.807) is 35.9 Å². The van der Waals surface area contributed by atoms with Crippen LogP contribution in [0.3, 0.4) is 0 Å². The van der Waals surface area contributed by atoms with Gasteiger partial charge in [0.05, 0.1) is 24.6 Å². The standard InChI is InChI=1S/C18H16N4O3/c1-25-12-8-6-11(7-9-12)19-16(23)10-15-17(24)21-18-20-13-4-2-3-5-14(13)22(15)18/h2-9,15H,10H2,1H3,(H,19,23)(H,20,21,24)/t15-/m1/s1. The van der Waals surface area contributed by atoms with Crippen molar-refractivity contribution in [3.05, 3.63) is 48.5 Å². The number of rotatable bonds is 4. The van der Waals surface area contributed by atoms with Crippen LogP contribution in [0.25, 0.3) is 11.0 Å². The van der Waals surface area contributed by atoms with Crippen LogP contribution in [0.1, 0.15) is 12.5 Å². The number of nitrogens with one attached hydrogen (secondary N) is 2. The molecule has 1 aliphatic rings. The van der Waals surface area contributed by atoms with Crippen molar-refractivity contribution in [1.29, 1.82) is 0 Å². The predicted octanol–water partition coefficient (Wildman–Crippen LogP) is 2.57. The molecule has 0 saturated heterocycles. The number of ether oxygens (including phenoxy) is 1. The lowest BCUT2D eigenvalue weighted by atomic mass is 10.1. The van der Waals surface area contributed by atoms with Crippen LogP contribution < -0.4 is 15.4 Å². The number of para-hydroxylation sites is 2. The number of benzene rings is 2. The van der Waals surface area contributed by atoms with Crippen molar-refractivity contribution < 1.29 is 14.3 Å². The van der Waals surface area contributed by atoms with E-state index in [1.807, 2.05) is 24.3 Å². The summed E-state index contributed by atoms with van der Waals surface area (Å²) in [4.78, 5) is 29.0. The van der Waals surface area contributed by atoms with Crippen molar-refractivity contribution >= 4 is 34.5 Å². The number of carbonyl (C=O) groups excluding carboxylic acids is 2. The lowest BCUT2D eigenvalue weighted by Gasteiger charge is -2.12. The molecule has 7 nitrogen and oxygen atoms in total. The summed E-state index contributed by atoms with van der Waals surface area (Å²) in [5.41, 5.74) is 2.27. The molecule has 0 fully saturated rings. The number of hydrogen-bond acceptors (Lipinski definition) is 4. The Balaban J connectivity index is 1.54. The highest BCUT2D eigenvalue weighted by molar-refractivity contribution is 6.03. The van der Waals surface area contributed by atoms with Gasteiger partial charge >= 0.3 is 0 Å². The fourth-order valence-corrected chi connectivity index (χ4v) is 3.00. The number of methoxy groups -OCH3 is 1. The second-order valence-electron chi connectivity index (χ2n) is 5.78. The zero-order valence-electron chi connectivity index (χ0n) is 13.5. The number of hydrogen-bond donors (Lipinski definition) is 2. The summed E-state index contributed by atoms with van der Waals surface area (Å²) in [6, 6.07) is 14.0. The Hall–Kier alpha value is -3.35. The van der Waals surface area contributed by atoms with Gasteiger partial charge in [-0.3, -0.25) is 19.5 Å². The zero-order chi connectivity index (χ0) is 17.4. The minimum absolute atomic E-state index is 0.0330. The van der Waals surface area contributed by atoms with E-state index in [-0.39, 0.29) is 18.2 Å². The predicted molar refractivity (Wildman–Crippen MR) is 93.6 cm³/mol. The van der Waals surface area contributed by atoms with E-state index in [0.29, 0.717) is 17.4 Å². The third-order valence-corrected chi connectivity index (χ3v) is 4.20. The third kappa shape index (κ3) is 2.69. The molecule has 3 aromatic rings. The first kappa shape index (κ1) is 15.2. The molecule has 7 heteroatoms. The van der Waals surface area contributed by atoms with E-state index < -0.39 is 6.04 Å². The Bertz CT molecular complexity index is 962. The van der Waals surface area contributed by atoms with Crippen molar-refractivity contribution in [2.45, 2.75) is 12.5 Å². The number of fused-ring (bicyclic) bond motifs is 3. The van der Waals surface area contributed by atoms with Gasteiger partial charge in [0.1, 0.15) is 11.8 Å². The molecule has 2 N–H and O–H groups in total. The van der Waals surface area contributed by atoms with Gasteiger partial charge in [-0.25, -0.2) is 4.98 Å². The second kappa shape index (κ2) is 5.94. The van der Waals surface area contributed by atoms with Crippen molar-refractivity contribution in [2.24, 2.45) is 0 Å². The number of amides is 2. The fourth-order valence-electron chi connectivity index (χ4n) is 3.00. The summed E-state index contributed by atoms with van der Waals surface area (Å²) >= 11 is 0. The maximum Gasteiger partial charge on any atom is 0.250 e. The summed E-state index contributed by atoms with van der Waals surface area (Å²) in [5, 5.41) is 5.54. The number of carbonyl (C=O) groups is 2. The minimum atomic E-state index is -0.611. The molecule has 1 aromatic heterocycles. The fraction of sp³-hybridized carbons (Fsp3) is 0.167. The molecule has 1 atom stereocenters. The maximum atomic E-state index is 12.4. The van der Waals surface area contributed by atoms with E-state index in [9.17, 15) is 9.59 Å². The summed E-state index contributed by atoms with van der Waals surface area (Å²) in [5.74, 6) is 0.727. The van der Waals surface area contributed by atoms with Crippen molar-refractivity contribution in [3.8, 4) is 5.75 Å². The Morgan fingerprint density at radius 3 is 2.76 bits per heavy atom. The lowest BCUT2D eigenvalue weighted by Crippen LogP contribution is -2.23. The molecule has 4 rings (SSSR count). The molecule has 126 valence electrons. The Kier molecular flexibility index (Phi) is 3.61. The highest BCUT2D eigenvalue weighted by Gasteiger charge is 2.34. The van der Waals surface area contributed by atoms with Crippen molar-refractivity contribution in [3.63, 3.8) is 0 Å². The zero-order valence-corrected chi connectivity index (χ0v) is 13.5. The molecule has 2 heterocycles. The molecule has 0 unspecified atom stereocenters. The average Bonchev–Trinajstić information content (AvgIpc) is 3.11. The first-order valence-electron chi connectivity index (χ1n) is 7.87. The van der Waals surface area contributed by atoms with Crippen LogP contribution in [0.15, 0.2) is 48.5 Å². The molecule has 1 aliphatic heterocycles. The van der Waals surface area contributed by atoms with Crippen LogP contribution in [-0.4, -0.2) is 28.5 Å². The van der Waals surface area contributed by atoms with Crippen LogP contribution in [-0.2, 0) is 9.59 Å². The molecule has 2 amide bonds. The van der Waals surface area contributed by atoms with Gasteiger partial charge in [-0.05, 0) is 36.4 Å². The van der Waals surface area contributed by atoms with Crippen LogP contribution in [0.4, 0.5) is 11.6 Å². The van der Waals surface area contributed by atoms with Crippen molar-refractivity contribution in [1.82, 2.24) is 9.55 Å². The van der Waals surface area contributed by atoms with E-state index >= 15 is 0 Å². The largest absolute Gasteiger partial charge is 0.497 e. The first-order chi connectivity index (χ1) is 12.2. The molecule has 0 bridgehead atoms. The topological polar surface area (TPSA) is 85.2 Å². The molecular weight excluding hydrogens is 320 g/mol. The van der Waals surface area contributed by atoms with E-state index in [4.69, 9.17) is 4.74 Å². The maximum absolute atomic E-state index is 12.4. The van der Waals surface area contributed by atoms with Gasteiger partial charge in [0, 0.05) is 5.69 Å². The molecule has 0 spiro atoms. The Morgan fingerprint density at radius 1 is 1.24 bits per heavy atom. The van der Waals surface area contributed by atoms with Gasteiger partial charge in [0.15, 0.2) is 0 Å². The first-order valence-corrected chi connectivity index (χ1v) is 7.87. The van der Waals surface area contributed by atoms with Gasteiger partial charge in [-0.2, -0.15) is 0 Å². The highest BCUT2D eigenvalue weighted by atomic mass is 16.5. The number of nitrogens with zero attached hydrogens (tertiary/aromatic N) is 2. The average molecular weight is 336 g/mol. The summed E-state index contributed by atoms with van der Waals surface area (Å²) in [6.45, 7) is 0. The number of imidazole rings is 1. The van der Waals surface area contributed by atoms with Crippen LogP contribution in [0, 0.1) is 0 Å². The van der Waals surface area contributed by atoms with Crippen molar-refractivity contribution in [2.75, 3.05) is 17.7 Å². The van der Waals surface area contributed by atoms with E-state index in [2.05, 4.69) is 15.6 Å². The summed E-state index contributed by atoms with van der Waals surface area (Å²) in [7, 11) is 1.58. The van der Waals surface area contributed by atoms with Crippen LogP contribution in [0.2, 0.25) is 0 Å². The number of anilines is 2. The molecule has 0 radical (unpaired) electrons. The summed E-state index contributed by atoms with van der Waals surface area (Å²) in [6.07, 6.45) is 0.0330. The minimum Gasteiger partial charge on any atom is -0.497 e. The Morgan fingerprint density at radius 2 is 2.00 bits per heavy atom. The Labute approximate surface area is 143 Å². The van der Waals surface area contributed by atoms with Gasteiger partial charge in [0.2, 0.25) is 17.8 Å². The molecule has 2 aromatic carbocycles. The second-order valence-corrected chi connectivity index (χ2v) is 5.78. The number of aromatic nitrogens is 2. The van der Waals surface area contributed by atoms with E-state index in [0.717, 1.165) is 11.0 Å². The molecule has 0 aliphatic carbocycles. The smallest absolute Gasteiger partial charge is 0.250 e.